The van der Waals surface area contributed by atoms with Crippen molar-refractivity contribution in [2.75, 3.05) is 24.8 Å². The first-order chi connectivity index (χ1) is 8.72. The first-order valence-electron chi connectivity index (χ1n) is 5.77. The third-order valence-electron chi connectivity index (χ3n) is 2.75. The fourth-order valence-corrected chi connectivity index (χ4v) is 1.66. The highest BCUT2D eigenvalue weighted by Crippen LogP contribution is 2.25. The average Bonchev–Trinajstić information content (AvgIpc) is 2.41. The molecular formula is C14H17N3O. The van der Waals surface area contributed by atoms with Gasteiger partial charge in [-0.1, -0.05) is 6.07 Å². The Labute approximate surface area is 107 Å². The normalized spacial score (nSPS) is 9.94. The van der Waals surface area contributed by atoms with Crippen molar-refractivity contribution in [2.24, 2.45) is 0 Å². The minimum Gasteiger partial charge on any atom is -0.497 e. The molecule has 0 aliphatic carbocycles. The highest BCUT2D eigenvalue weighted by molar-refractivity contribution is 5.66. The second-order valence-corrected chi connectivity index (χ2v) is 4.02. The van der Waals surface area contributed by atoms with E-state index in [1.165, 1.54) is 0 Å². The summed E-state index contributed by atoms with van der Waals surface area (Å²) in [5.74, 6) is 0.834. The predicted octanol–water partition coefficient (Wildman–Crippen LogP) is 3.18. The van der Waals surface area contributed by atoms with E-state index < -0.39 is 0 Å². The summed E-state index contributed by atoms with van der Waals surface area (Å²) in [5, 5.41) is 6.40. The Bertz CT molecular complexity index is 540. The van der Waals surface area contributed by atoms with E-state index in [9.17, 15) is 0 Å². The Kier molecular flexibility index (Phi) is 3.67. The second kappa shape index (κ2) is 5.40. The van der Waals surface area contributed by atoms with Crippen LogP contribution in [0.2, 0.25) is 0 Å². The Morgan fingerprint density at radius 1 is 1.11 bits per heavy atom. The molecule has 94 valence electrons. The molecule has 0 unspecified atom stereocenters. The van der Waals surface area contributed by atoms with Crippen LogP contribution in [0.25, 0.3) is 0 Å². The number of ether oxygens (including phenoxy) is 1. The largest absolute Gasteiger partial charge is 0.497 e. The monoisotopic (exact) mass is 243 g/mol. The zero-order valence-electron chi connectivity index (χ0n) is 10.8. The SMILES string of the molecule is CNc1cncc(Nc2cc(OC)ccc2C)c1. The third kappa shape index (κ3) is 2.71. The van der Waals surface area contributed by atoms with Gasteiger partial charge in [0.1, 0.15) is 5.75 Å². The van der Waals surface area contributed by atoms with Crippen LogP contribution in [0.5, 0.6) is 5.75 Å². The lowest BCUT2D eigenvalue weighted by atomic mass is 10.2. The van der Waals surface area contributed by atoms with Crippen LogP contribution < -0.4 is 15.4 Å². The molecule has 1 aromatic heterocycles. The molecule has 4 heteroatoms. The Morgan fingerprint density at radius 3 is 2.61 bits per heavy atom. The molecule has 4 nitrogen and oxygen atoms in total. The van der Waals surface area contributed by atoms with Gasteiger partial charge >= 0.3 is 0 Å². The van der Waals surface area contributed by atoms with Gasteiger partial charge in [-0.2, -0.15) is 0 Å². The molecule has 0 spiro atoms. The van der Waals surface area contributed by atoms with Crippen molar-refractivity contribution in [3.8, 4) is 5.75 Å². The minimum atomic E-state index is 0.834. The molecule has 0 aliphatic heterocycles. The summed E-state index contributed by atoms with van der Waals surface area (Å²) in [7, 11) is 3.54. The summed E-state index contributed by atoms with van der Waals surface area (Å²) in [6.45, 7) is 2.05. The molecule has 2 aromatic rings. The lowest BCUT2D eigenvalue weighted by Gasteiger charge is -2.11. The molecule has 1 aromatic carbocycles. The van der Waals surface area contributed by atoms with Gasteiger partial charge in [0, 0.05) is 18.8 Å². The number of nitrogens with one attached hydrogen (secondary N) is 2. The third-order valence-corrected chi connectivity index (χ3v) is 2.75. The van der Waals surface area contributed by atoms with Gasteiger partial charge in [-0.05, 0) is 24.6 Å². The maximum absolute atomic E-state index is 5.22. The molecule has 0 fully saturated rings. The first kappa shape index (κ1) is 12.2. The Hall–Kier alpha value is -2.23. The molecule has 0 amide bonds. The number of pyridine rings is 1. The smallest absolute Gasteiger partial charge is 0.120 e. The predicted molar refractivity (Wildman–Crippen MR) is 74.8 cm³/mol. The summed E-state index contributed by atoms with van der Waals surface area (Å²) in [4.78, 5) is 4.17. The van der Waals surface area contributed by atoms with Crippen molar-refractivity contribution in [1.29, 1.82) is 0 Å². The van der Waals surface area contributed by atoms with Gasteiger partial charge in [0.15, 0.2) is 0 Å². The molecule has 0 radical (unpaired) electrons. The quantitative estimate of drug-likeness (QED) is 0.865. The van der Waals surface area contributed by atoms with Crippen molar-refractivity contribution >= 4 is 17.1 Å². The molecule has 2 rings (SSSR count). The lowest BCUT2D eigenvalue weighted by molar-refractivity contribution is 0.415. The summed E-state index contributed by atoms with van der Waals surface area (Å²) >= 11 is 0. The molecule has 1 heterocycles. The maximum atomic E-state index is 5.22. The molecule has 18 heavy (non-hydrogen) atoms. The summed E-state index contributed by atoms with van der Waals surface area (Å²) in [6.07, 6.45) is 3.57. The van der Waals surface area contributed by atoms with E-state index >= 15 is 0 Å². The van der Waals surface area contributed by atoms with E-state index in [2.05, 4.69) is 22.5 Å². The van der Waals surface area contributed by atoms with Gasteiger partial charge < -0.3 is 15.4 Å². The average molecular weight is 243 g/mol. The second-order valence-electron chi connectivity index (χ2n) is 4.02. The summed E-state index contributed by atoms with van der Waals surface area (Å²) in [5.41, 5.74) is 4.09. The lowest BCUT2D eigenvalue weighted by Crippen LogP contribution is -1.96. The molecular weight excluding hydrogens is 226 g/mol. The Morgan fingerprint density at radius 2 is 1.89 bits per heavy atom. The van der Waals surface area contributed by atoms with Crippen molar-refractivity contribution in [2.45, 2.75) is 6.92 Å². The van der Waals surface area contributed by atoms with Crippen LogP contribution in [0.4, 0.5) is 17.1 Å². The summed E-state index contributed by atoms with van der Waals surface area (Å²) < 4.78 is 5.22. The van der Waals surface area contributed by atoms with Crippen LogP contribution in [-0.2, 0) is 0 Å². The van der Waals surface area contributed by atoms with Crippen LogP contribution in [0.15, 0.2) is 36.7 Å². The fourth-order valence-electron chi connectivity index (χ4n) is 1.66. The van der Waals surface area contributed by atoms with Gasteiger partial charge in [-0.3, -0.25) is 4.98 Å². The first-order valence-corrected chi connectivity index (χ1v) is 5.77. The van der Waals surface area contributed by atoms with Crippen LogP contribution in [0.1, 0.15) is 5.56 Å². The van der Waals surface area contributed by atoms with Crippen LogP contribution in [0.3, 0.4) is 0 Å². The number of benzene rings is 1. The topological polar surface area (TPSA) is 46.2 Å². The number of anilines is 3. The number of nitrogens with zero attached hydrogens (tertiary/aromatic N) is 1. The minimum absolute atomic E-state index is 0.834. The number of hydrogen-bond donors (Lipinski definition) is 2. The van der Waals surface area contributed by atoms with E-state index in [4.69, 9.17) is 4.74 Å². The highest BCUT2D eigenvalue weighted by Gasteiger charge is 2.02. The number of hydrogen-bond acceptors (Lipinski definition) is 4. The van der Waals surface area contributed by atoms with E-state index in [1.54, 1.807) is 19.5 Å². The molecule has 0 bridgehead atoms. The van der Waals surface area contributed by atoms with E-state index in [0.29, 0.717) is 0 Å². The number of aromatic nitrogens is 1. The van der Waals surface area contributed by atoms with E-state index in [1.807, 2.05) is 31.3 Å². The van der Waals surface area contributed by atoms with Gasteiger partial charge in [0.2, 0.25) is 0 Å². The van der Waals surface area contributed by atoms with Crippen molar-refractivity contribution in [3.05, 3.63) is 42.2 Å². The number of rotatable bonds is 4. The molecule has 0 saturated heterocycles. The van der Waals surface area contributed by atoms with Gasteiger partial charge in [0.25, 0.3) is 0 Å². The van der Waals surface area contributed by atoms with Crippen molar-refractivity contribution in [1.82, 2.24) is 4.98 Å². The van der Waals surface area contributed by atoms with Crippen LogP contribution >= 0.6 is 0 Å². The summed E-state index contributed by atoms with van der Waals surface area (Å²) in [6, 6.07) is 7.95. The van der Waals surface area contributed by atoms with E-state index in [0.717, 1.165) is 28.4 Å². The number of methoxy groups -OCH3 is 1. The van der Waals surface area contributed by atoms with Crippen LogP contribution in [-0.4, -0.2) is 19.1 Å². The molecule has 0 atom stereocenters. The van der Waals surface area contributed by atoms with Gasteiger partial charge in [-0.15, -0.1) is 0 Å². The number of aryl methyl sites for hydroxylation is 1. The molecule has 0 aliphatic rings. The fraction of sp³-hybridized carbons (Fsp3) is 0.214. The highest BCUT2D eigenvalue weighted by atomic mass is 16.5. The van der Waals surface area contributed by atoms with Gasteiger partial charge in [-0.25, -0.2) is 0 Å². The maximum Gasteiger partial charge on any atom is 0.120 e. The van der Waals surface area contributed by atoms with Crippen LogP contribution in [0, 0.1) is 6.92 Å². The van der Waals surface area contributed by atoms with E-state index in [-0.39, 0.29) is 0 Å². The van der Waals surface area contributed by atoms with Crippen molar-refractivity contribution in [3.63, 3.8) is 0 Å². The zero-order chi connectivity index (χ0) is 13.0. The molecule has 2 N–H and O–H groups in total. The Balaban J connectivity index is 2.27. The van der Waals surface area contributed by atoms with Crippen molar-refractivity contribution < 1.29 is 4.74 Å². The molecule has 0 saturated carbocycles. The zero-order valence-corrected chi connectivity index (χ0v) is 10.8. The van der Waals surface area contributed by atoms with Gasteiger partial charge in [0.05, 0.1) is 30.9 Å². The standard InChI is InChI=1S/C14H17N3O/c1-10-4-5-13(18-3)7-14(10)17-12-6-11(15-2)8-16-9-12/h4-9,15,17H,1-3H3.